The molecule has 2 heterocycles. The predicted octanol–water partition coefficient (Wildman–Crippen LogP) is 10.2. The fraction of sp³-hybridized carbons (Fsp3) is 0.391. The average Bonchev–Trinajstić information content (AvgIpc) is 3.19. The molecule has 0 aliphatic rings. The highest BCUT2D eigenvalue weighted by Crippen LogP contribution is 2.36. The SMILES string of the molecule is CC(C)(C)[Si](C)(C)OCCCCc1ccc(CCOc2ncnc3ccccc23)cc1.OCCCCc1ccc(CCOc2ncnc3ccccc23)cc1. The summed E-state index contributed by atoms with van der Waals surface area (Å²) >= 11 is 0. The quantitative estimate of drug-likeness (QED) is 0.0683. The van der Waals surface area contributed by atoms with Crippen LogP contribution in [0, 0.1) is 0 Å². The van der Waals surface area contributed by atoms with Crippen molar-refractivity contribution in [1.82, 2.24) is 19.9 Å². The van der Waals surface area contributed by atoms with Gasteiger partial charge in [-0.3, -0.25) is 0 Å². The molecule has 0 bridgehead atoms. The fourth-order valence-corrected chi connectivity index (χ4v) is 6.97. The van der Waals surface area contributed by atoms with Gasteiger partial charge in [-0.2, -0.15) is 0 Å². The molecule has 55 heavy (non-hydrogen) atoms. The third kappa shape index (κ3) is 12.9. The molecule has 1 N–H and O–H groups in total. The van der Waals surface area contributed by atoms with E-state index in [0.29, 0.717) is 25.0 Å². The molecular formula is C46H58N4O4Si. The molecule has 8 nitrogen and oxygen atoms in total. The second-order valence-electron chi connectivity index (χ2n) is 15.5. The molecule has 0 unspecified atom stereocenters. The largest absolute Gasteiger partial charge is 0.477 e. The summed E-state index contributed by atoms with van der Waals surface area (Å²) in [6, 6.07) is 33.3. The van der Waals surface area contributed by atoms with E-state index >= 15 is 0 Å². The smallest absolute Gasteiger partial charge is 0.224 e. The van der Waals surface area contributed by atoms with Gasteiger partial charge in [0.15, 0.2) is 8.32 Å². The minimum Gasteiger partial charge on any atom is -0.477 e. The first-order valence-corrected chi connectivity index (χ1v) is 22.6. The Labute approximate surface area is 328 Å². The number of unbranched alkanes of at least 4 members (excludes halogenated alkanes) is 2. The maximum atomic E-state index is 8.82. The number of para-hydroxylation sites is 2. The van der Waals surface area contributed by atoms with E-state index in [1.165, 1.54) is 22.3 Å². The Kier molecular flexibility index (Phi) is 15.7. The average molecular weight is 759 g/mol. The fourth-order valence-electron chi connectivity index (χ4n) is 5.88. The van der Waals surface area contributed by atoms with Gasteiger partial charge in [-0.15, -0.1) is 0 Å². The van der Waals surface area contributed by atoms with Crippen LogP contribution in [0.5, 0.6) is 11.8 Å². The van der Waals surface area contributed by atoms with Crippen molar-refractivity contribution in [2.24, 2.45) is 0 Å². The van der Waals surface area contributed by atoms with Gasteiger partial charge in [0.1, 0.15) is 12.7 Å². The van der Waals surface area contributed by atoms with Gasteiger partial charge in [-0.05, 0) is 103 Å². The Morgan fingerprint density at radius 2 is 0.927 bits per heavy atom. The molecule has 0 saturated carbocycles. The van der Waals surface area contributed by atoms with E-state index < -0.39 is 8.32 Å². The summed E-state index contributed by atoms with van der Waals surface area (Å²) in [5, 5.41) is 11.0. The molecule has 0 fully saturated rings. The van der Waals surface area contributed by atoms with Crippen molar-refractivity contribution in [3.63, 3.8) is 0 Å². The van der Waals surface area contributed by atoms with Crippen LogP contribution in [0.4, 0.5) is 0 Å². The number of rotatable bonds is 18. The lowest BCUT2D eigenvalue weighted by Gasteiger charge is -2.36. The van der Waals surface area contributed by atoms with Gasteiger partial charge < -0.3 is 19.0 Å². The molecule has 9 heteroatoms. The molecule has 0 amide bonds. The van der Waals surface area contributed by atoms with E-state index in [1.807, 2.05) is 48.5 Å². The first-order chi connectivity index (χ1) is 26.6. The van der Waals surface area contributed by atoms with Crippen LogP contribution in [-0.4, -0.2) is 59.8 Å². The number of ether oxygens (including phenoxy) is 2. The number of hydrogen-bond donors (Lipinski definition) is 1. The summed E-state index contributed by atoms with van der Waals surface area (Å²) in [6.45, 7) is 13.9. The molecule has 0 saturated heterocycles. The van der Waals surface area contributed by atoms with Crippen molar-refractivity contribution in [3.05, 3.63) is 132 Å². The first kappa shape index (κ1) is 41.5. The number of aromatic nitrogens is 4. The van der Waals surface area contributed by atoms with E-state index in [1.54, 1.807) is 12.7 Å². The number of hydrogen-bond acceptors (Lipinski definition) is 8. The summed E-state index contributed by atoms with van der Waals surface area (Å²) in [4.78, 5) is 17.0. The summed E-state index contributed by atoms with van der Waals surface area (Å²) in [5.74, 6) is 1.29. The standard InChI is InChI=1S/C26H36N2O2Si.C20H22N2O2/c1-26(2,3)31(4,5)30-18-9-8-10-21-13-15-22(16-14-21)17-19-29-25-23-11-6-7-12-24(23)27-20-28-25;23-13-4-3-5-16-8-10-17(11-9-16)12-14-24-20-18-6-1-2-7-19(18)21-15-22-20/h6-7,11-16,20H,8-10,17-19H2,1-5H3;1-2,6-11,15,23H,3-5,12-14H2. The van der Waals surface area contributed by atoms with Gasteiger partial charge in [-0.1, -0.05) is 93.6 Å². The van der Waals surface area contributed by atoms with Crippen LogP contribution in [0.2, 0.25) is 18.1 Å². The van der Waals surface area contributed by atoms with Crippen LogP contribution in [0.3, 0.4) is 0 Å². The molecule has 0 spiro atoms. The lowest BCUT2D eigenvalue weighted by Crippen LogP contribution is -2.40. The van der Waals surface area contributed by atoms with E-state index in [4.69, 9.17) is 19.0 Å². The number of aliphatic hydroxyl groups excluding tert-OH is 1. The number of fused-ring (bicyclic) bond motifs is 2. The van der Waals surface area contributed by atoms with Crippen molar-refractivity contribution < 1.29 is 19.0 Å². The third-order valence-corrected chi connectivity index (χ3v) is 14.9. The Hall–Kier alpha value is -4.70. The van der Waals surface area contributed by atoms with Gasteiger partial charge in [0.25, 0.3) is 0 Å². The van der Waals surface area contributed by atoms with Gasteiger partial charge >= 0.3 is 0 Å². The van der Waals surface area contributed by atoms with Crippen molar-refractivity contribution >= 4 is 30.1 Å². The monoisotopic (exact) mass is 758 g/mol. The second-order valence-corrected chi connectivity index (χ2v) is 20.3. The van der Waals surface area contributed by atoms with Crippen molar-refractivity contribution in [3.8, 4) is 11.8 Å². The summed E-state index contributed by atoms with van der Waals surface area (Å²) < 4.78 is 18.1. The molecule has 0 radical (unpaired) electrons. The van der Waals surface area contributed by atoms with Crippen LogP contribution < -0.4 is 9.47 Å². The molecule has 2 aromatic heterocycles. The number of benzene rings is 4. The number of nitrogens with zero attached hydrogens (tertiary/aromatic N) is 4. The zero-order chi connectivity index (χ0) is 38.9. The summed E-state index contributed by atoms with van der Waals surface area (Å²) in [6.07, 6.45) is 11.1. The van der Waals surface area contributed by atoms with Gasteiger partial charge in [-0.25, -0.2) is 19.9 Å². The first-order valence-electron chi connectivity index (χ1n) is 19.7. The molecule has 4 aromatic carbocycles. The molecule has 6 aromatic rings. The maximum Gasteiger partial charge on any atom is 0.224 e. The lowest BCUT2D eigenvalue weighted by molar-refractivity contribution is 0.279. The minimum atomic E-state index is -1.61. The Morgan fingerprint density at radius 3 is 1.36 bits per heavy atom. The van der Waals surface area contributed by atoms with Crippen LogP contribution >= 0.6 is 0 Å². The van der Waals surface area contributed by atoms with Gasteiger partial charge in [0.2, 0.25) is 11.8 Å². The molecule has 0 atom stereocenters. The highest BCUT2D eigenvalue weighted by atomic mass is 28.4. The zero-order valence-corrected chi connectivity index (χ0v) is 34.3. The van der Waals surface area contributed by atoms with Crippen molar-refractivity contribution in [2.45, 2.75) is 90.3 Å². The van der Waals surface area contributed by atoms with Crippen LogP contribution in [0.25, 0.3) is 21.8 Å². The maximum absolute atomic E-state index is 8.82. The van der Waals surface area contributed by atoms with Crippen LogP contribution in [-0.2, 0) is 30.1 Å². The molecular weight excluding hydrogens is 701 g/mol. The zero-order valence-electron chi connectivity index (χ0n) is 33.3. The highest BCUT2D eigenvalue weighted by molar-refractivity contribution is 6.74. The van der Waals surface area contributed by atoms with Gasteiger partial charge in [0.05, 0.1) is 35.0 Å². The van der Waals surface area contributed by atoms with E-state index in [-0.39, 0.29) is 11.6 Å². The molecule has 0 aliphatic carbocycles. The van der Waals surface area contributed by atoms with Crippen LogP contribution in [0.15, 0.2) is 110 Å². The lowest BCUT2D eigenvalue weighted by atomic mass is 10.1. The van der Waals surface area contributed by atoms with E-state index in [0.717, 1.165) is 79.8 Å². The number of aliphatic hydroxyl groups is 1. The molecule has 6 rings (SSSR count). The Morgan fingerprint density at radius 1 is 0.509 bits per heavy atom. The normalized spacial score (nSPS) is 11.7. The Balaban J connectivity index is 0.000000218. The summed E-state index contributed by atoms with van der Waals surface area (Å²) in [7, 11) is -1.61. The van der Waals surface area contributed by atoms with Gasteiger partial charge in [0, 0.05) is 26.1 Å². The second kappa shape index (κ2) is 20.8. The highest BCUT2D eigenvalue weighted by Gasteiger charge is 2.36. The van der Waals surface area contributed by atoms with E-state index in [9.17, 15) is 0 Å². The predicted molar refractivity (Wildman–Crippen MR) is 226 cm³/mol. The van der Waals surface area contributed by atoms with Crippen LogP contribution in [0.1, 0.15) is 68.7 Å². The molecule has 0 aliphatic heterocycles. The Bertz CT molecular complexity index is 2020. The molecule has 290 valence electrons. The van der Waals surface area contributed by atoms with Crippen molar-refractivity contribution in [2.75, 3.05) is 26.4 Å². The topological polar surface area (TPSA) is 99.5 Å². The number of aryl methyl sites for hydroxylation is 2. The van der Waals surface area contributed by atoms with E-state index in [2.05, 4.69) is 102 Å². The minimum absolute atomic E-state index is 0.271. The third-order valence-electron chi connectivity index (χ3n) is 10.3. The van der Waals surface area contributed by atoms with Crippen molar-refractivity contribution in [1.29, 1.82) is 0 Å². The summed E-state index contributed by atoms with van der Waals surface area (Å²) in [5.41, 5.74) is 7.04.